The highest BCUT2D eigenvalue weighted by Crippen LogP contribution is 2.26. The molecule has 1 fully saturated rings. The minimum absolute atomic E-state index is 0.0601. The number of amides is 3. The van der Waals surface area contributed by atoms with Crippen molar-refractivity contribution < 1.29 is 19.1 Å². The topological polar surface area (TPSA) is 106 Å². The first kappa shape index (κ1) is 14.3. The van der Waals surface area contributed by atoms with Gasteiger partial charge in [-0.25, -0.2) is 9.78 Å². The largest absolute Gasteiger partial charge is 0.411 e. The summed E-state index contributed by atoms with van der Waals surface area (Å²) in [7, 11) is 0. The molecule has 0 unspecified atom stereocenters. The molecule has 0 aliphatic carbocycles. The zero-order chi connectivity index (χ0) is 14.7. The van der Waals surface area contributed by atoms with Crippen LogP contribution in [0.1, 0.15) is 15.4 Å². The van der Waals surface area contributed by atoms with Gasteiger partial charge >= 0.3 is 6.09 Å². The van der Waals surface area contributed by atoms with E-state index in [1.54, 1.807) is 16.7 Å². The summed E-state index contributed by atoms with van der Waals surface area (Å²) >= 11 is 0.988. The van der Waals surface area contributed by atoms with Crippen LogP contribution in [0.2, 0.25) is 0 Å². The number of nitrogens with zero attached hydrogens (tertiary/aromatic N) is 3. The van der Waals surface area contributed by atoms with E-state index in [4.69, 9.17) is 5.73 Å². The van der Waals surface area contributed by atoms with E-state index < -0.39 is 6.09 Å². The highest BCUT2D eigenvalue weighted by atomic mass is 32.1. The van der Waals surface area contributed by atoms with Gasteiger partial charge in [-0.05, 0) is 6.92 Å². The molecule has 108 valence electrons. The summed E-state index contributed by atoms with van der Waals surface area (Å²) in [5.41, 5.74) is 5.40. The lowest BCUT2D eigenvalue weighted by Crippen LogP contribution is -2.48. The number of hydrogen-bond donors (Lipinski definition) is 1. The van der Waals surface area contributed by atoms with Gasteiger partial charge in [0.25, 0.3) is 11.1 Å². The van der Waals surface area contributed by atoms with Crippen LogP contribution in [0.15, 0.2) is 0 Å². The van der Waals surface area contributed by atoms with Crippen LogP contribution in [0, 0.1) is 6.92 Å². The third-order valence-corrected chi connectivity index (χ3v) is 3.93. The van der Waals surface area contributed by atoms with Crippen LogP contribution in [0.3, 0.4) is 0 Å². The molecule has 0 aromatic carbocycles. The van der Waals surface area contributed by atoms with Crippen molar-refractivity contribution in [2.45, 2.75) is 6.92 Å². The number of aromatic nitrogens is 1. The van der Waals surface area contributed by atoms with Gasteiger partial charge in [0.1, 0.15) is 4.88 Å². The second kappa shape index (κ2) is 5.87. The van der Waals surface area contributed by atoms with E-state index in [-0.39, 0.29) is 11.1 Å². The third-order valence-electron chi connectivity index (χ3n) is 2.91. The van der Waals surface area contributed by atoms with Crippen LogP contribution in [-0.4, -0.2) is 59.4 Å². The van der Waals surface area contributed by atoms with Crippen molar-refractivity contribution in [2.24, 2.45) is 5.73 Å². The van der Waals surface area contributed by atoms with Crippen molar-refractivity contribution in [3.8, 4) is 5.19 Å². The lowest BCUT2D eigenvalue weighted by molar-refractivity contribution is -0.119. The minimum Gasteiger partial charge on any atom is -0.381 e. The van der Waals surface area contributed by atoms with E-state index in [2.05, 4.69) is 9.72 Å². The number of carbonyl (C=O) groups is 3. The number of rotatable bonds is 3. The van der Waals surface area contributed by atoms with Crippen molar-refractivity contribution in [1.29, 1.82) is 0 Å². The molecule has 1 aromatic heterocycles. The van der Waals surface area contributed by atoms with E-state index in [1.807, 2.05) is 0 Å². The normalized spacial score (nSPS) is 15.1. The Bertz CT molecular complexity index is 537. The Hall–Kier alpha value is -2.16. The summed E-state index contributed by atoms with van der Waals surface area (Å²) in [6.45, 7) is 3.64. The van der Waals surface area contributed by atoms with Crippen molar-refractivity contribution in [3.63, 3.8) is 0 Å². The highest BCUT2D eigenvalue weighted by Gasteiger charge is 2.25. The average Bonchev–Trinajstić information content (AvgIpc) is 2.78. The van der Waals surface area contributed by atoms with Gasteiger partial charge in [0.2, 0.25) is 6.41 Å². The molecule has 2 rings (SSSR count). The van der Waals surface area contributed by atoms with Gasteiger partial charge in [0.05, 0.1) is 5.69 Å². The maximum Gasteiger partial charge on any atom is 0.411 e. The zero-order valence-electron chi connectivity index (χ0n) is 10.9. The fourth-order valence-electron chi connectivity index (χ4n) is 1.87. The Morgan fingerprint density at radius 3 is 2.55 bits per heavy atom. The summed E-state index contributed by atoms with van der Waals surface area (Å²) in [4.78, 5) is 41.3. The molecule has 8 nitrogen and oxygen atoms in total. The maximum atomic E-state index is 12.3. The molecule has 2 heterocycles. The number of thiazole rings is 1. The lowest BCUT2D eigenvalue weighted by Gasteiger charge is -2.32. The molecule has 9 heteroatoms. The number of piperazine rings is 1. The smallest absolute Gasteiger partial charge is 0.381 e. The lowest BCUT2D eigenvalue weighted by atomic mass is 10.3. The molecule has 0 radical (unpaired) electrons. The number of ether oxygens (including phenoxy) is 1. The van der Waals surface area contributed by atoms with E-state index in [9.17, 15) is 14.4 Å². The SMILES string of the molecule is Cc1nc(OC(N)=O)sc1C(=O)N1CCN(C=O)CC1. The van der Waals surface area contributed by atoms with Gasteiger partial charge in [-0.2, -0.15) is 0 Å². The van der Waals surface area contributed by atoms with Gasteiger partial charge in [-0.1, -0.05) is 11.3 Å². The van der Waals surface area contributed by atoms with E-state index in [1.165, 1.54) is 0 Å². The van der Waals surface area contributed by atoms with Crippen molar-refractivity contribution in [1.82, 2.24) is 14.8 Å². The summed E-state index contributed by atoms with van der Waals surface area (Å²) in [6.07, 6.45) is -0.184. The van der Waals surface area contributed by atoms with E-state index in [0.29, 0.717) is 36.8 Å². The van der Waals surface area contributed by atoms with Crippen LogP contribution in [0.4, 0.5) is 4.79 Å². The van der Waals surface area contributed by atoms with Crippen LogP contribution in [-0.2, 0) is 4.79 Å². The predicted octanol–water partition coefficient (Wildman–Crippen LogP) is -0.177. The van der Waals surface area contributed by atoms with E-state index in [0.717, 1.165) is 17.7 Å². The summed E-state index contributed by atoms with van der Waals surface area (Å²) in [6, 6.07) is 0. The van der Waals surface area contributed by atoms with Crippen molar-refractivity contribution >= 4 is 29.7 Å². The fraction of sp³-hybridized carbons (Fsp3) is 0.455. The molecule has 0 saturated carbocycles. The molecular weight excluding hydrogens is 284 g/mol. The Kier molecular flexibility index (Phi) is 4.18. The van der Waals surface area contributed by atoms with Crippen molar-refractivity contribution in [2.75, 3.05) is 26.2 Å². The Morgan fingerprint density at radius 1 is 1.35 bits per heavy atom. The molecule has 20 heavy (non-hydrogen) atoms. The van der Waals surface area contributed by atoms with Crippen LogP contribution >= 0.6 is 11.3 Å². The molecule has 1 aliphatic heterocycles. The van der Waals surface area contributed by atoms with Gasteiger partial charge in [-0.3, -0.25) is 9.59 Å². The summed E-state index contributed by atoms with van der Waals surface area (Å²) < 4.78 is 4.67. The molecule has 3 amide bonds. The number of carbonyl (C=O) groups excluding carboxylic acids is 3. The highest BCUT2D eigenvalue weighted by molar-refractivity contribution is 7.15. The Morgan fingerprint density at radius 2 is 2.00 bits per heavy atom. The second-order valence-electron chi connectivity index (χ2n) is 4.25. The summed E-state index contributed by atoms with van der Waals surface area (Å²) in [5, 5.41) is 0.0601. The number of hydrogen-bond acceptors (Lipinski definition) is 6. The maximum absolute atomic E-state index is 12.3. The molecule has 1 aliphatic rings. The second-order valence-corrected chi connectivity index (χ2v) is 5.21. The standard InChI is InChI=1S/C11H14N4O4S/c1-7-8(20-11(13-7)19-10(12)18)9(17)15-4-2-14(6-16)3-5-15/h6H,2-5H2,1H3,(H2,12,18). The quantitative estimate of drug-likeness (QED) is 0.779. The molecule has 1 saturated heterocycles. The molecule has 0 atom stereocenters. The third kappa shape index (κ3) is 3.05. The monoisotopic (exact) mass is 298 g/mol. The summed E-state index contributed by atoms with van der Waals surface area (Å²) in [5.74, 6) is -0.176. The molecule has 2 N–H and O–H groups in total. The van der Waals surface area contributed by atoms with Crippen LogP contribution in [0.25, 0.3) is 0 Å². The first-order chi connectivity index (χ1) is 9.51. The molecule has 0 bridgehead atoms. The fourth-order valence-corrected chi connectivity index (χ4v) is 2.76. The van der Waals surface area contributed by atoms with Gasteiger partial charge < -0.3 is 20.3 Å². The van der Waals surface area contributed by atoms with E-state index >= 15 is 0 Å². The molecule has 1 aromatic rings. The number of nitrogens with two attached hydrogens (primary N) is 1. The Labute approximate surface area is 119 Å². The first-order valence-electron chi connectivity index (χ1n) is 5.94. The minimum atomic E-state index is -0.961. The predicted molar refractivity (Wildman–Crippen MR) is 70.6 cm³/mol. The Balaban J connectivity index is 2.07. The van der Waals surface area contributed by atoms with Crippen molar-refractivity contribution in [3.05, 3.63) is 10.6 Å². The first-order valence-corrected chi connectivity index (χ1v) is 6.76. The van der Waals surface area contributed by atoms with Gasteiger partial charge in [0.15, 0.2) is 0 Å². The van der Waals surface area contributed by atoms with Crippen LogP contribution < -0.4 is 10.5 Å². The van der Waals surface area contributed by atoms with Gasteiger partial charge in [0, 0.05) is 26.2 Å². The zero-order valence-corrected chi connectivity index (χ0v) is 11.7. The molecular formula is C11H14N4O4S. The van der Waals surface area contributed by atoms with Gasteiger partial charge in [-0.15, -0.1) is 0 Å². The number of aryl methyl sites for hydroxylation is 1. The number of primary amides is 1. The average molecular weight is 298 g/mol. The molecule has 0 spiro atoms. The van der Waals surface area contributed by atoms with Crippen LogP contribution in [0.5, 0.6) is 5.19 Å².